The van der Waals surface area contributed by atoms with Crippen molar-refractivity contribution in [3.8, 4) is 11.1 Å². The lowest BCUT2D eigenvalue weighted by Crippen LogP contribution is -2.30. The molecule has 0 bridgehead atoms. The van der Waals surface area contributed by atoms with Crippen LogP contribution in [0.2, 0.25) is 0 Å². The van der Waals surface area contributed by atoms with Crippen molar-refractivity contribution in [1.29, 1.82) is 0 Å². The molecule has 12 heteroatoms. The first-order chi connectivity index (χ1) is 20.4. The fourth-order valence-corrected chi connectivity index (χ4v) is 5.53. The van der Waals surface area contributed by atoms with Gasteiger partial charge in [-0.25, -0.2) is 23.9 Å². The number of aliphatic hydroxyl groups excluding tert-OH is 1. The highest BCUT2D eigenvalue weighted by Gasteiger charge is 2.29. The minimum atomic E-state index is -1.35. The Morgan fingerprint density at radius 2 is 1.79 bits per heavy atom. The smallest absolute Gasteiger partial charge is 0.225 e. The molecule has 0 aliphatic carbocycles. The third-order valence-electron chi connectivity index (χ3n) is 8.10. The van der Waals surface area contributed by atoms with Gasteiger partial charge in [-0.3, -0.25) is 4.68 Å². The molecule has 11 nitrogen and oxygen atoms in total. The summed E-state index contributed by atoms with van der Waals surface area (Å²) < 4.78 is 22.3. The standard InChI is InChI=1S/C30H29FN8O3/c1-30(41,22-2-4-24(31)5-3-22)23-12-32-29(33-13-23)37-8-6-19(7-9-37)28-25-10-20(14-38(25)36-18-34-28)21-11-35-39(15-21)26-16-42-17-27(26)40/h2-6,10-15,18,26-27,40-41H,7-9,16-17H2,1H3/t26?,27-,30?/m0/s1. The van der Waals surface area contributed by atoms with Gasteiger partial charge < -0.3 is 19.8 Å². The van der Waals surface area contributed by atoms with Gasteiger partial charge in [-0.1, -0.05) is 18.2 Å². The number of nitrogens with zero attached hydrogens (tertiary/aromatic N) is 8. The van der Waals surface area contributed by atoms with Crippen molar-refractivity contribution in [2.45, 2.75) is 31.1 Å². The van der Waals surface area contributed by atoms with Gasteiger partial charge in [-0.2, -0.15) is 10.2 Å². The molecule has 3 atom stereocenters. The first-order valence-electron chi connectivity index (χ1n) is 13.8. The first kappa shape index (κ1) is 26.4. The SMILES string of the molecule is CC(O)(c1ccc(F)cc1)c1cnc(N2CC=C(c3ncnn4cc(-c5cnn(C6COC[C@@H]6O)c5)cc34)CC2)nc1. The number of fused-ring (bicyclic) bond motifs is 1. The largest absolute Gasteiger partial charge is 0.388 e. The van der Waals surface area contributed by atoms with Crippen LogP contribution in [-0.4, -0.2) is 77.0 Å². The van der Waals surface area contributed by atoms with Crippen LogP contribution >= 0.6 is 0 Å². The maximum Gasteiger partial charge on any atom is 0.225 e. The first-order valence-corrected chi connectivity index (χ1v) is 13.8. The van der Waals surface area contributed by atoms with E-state index in [1.165, 1.54) is 12.1 Å². The van der Waals surface area contributed by atoms with Crippen molar-refractivity contribution in [1.82, 2.24) is 34.3 Å². The summed E-state index contributed by atoms with van der Waals surface area (Å²) in [6.07, 6.45) is 12.8. The predicted molar refractivity (Wildman–Crippen MR) is 152 cm³/mol. The van der Waals surface area contributed by atoms with Crippen molar-refractivity contribution in [3.05, 3.63) is 96.4 Å². The quantitative estimate of drug-likeness (QED) is 0.318. The van der Waals surface area contributed by atoms with Gasteiger partial charge in [0.05, 0.1) is 30.6 Å². The Bertz CT molecular complexity index is 1760. The second-order valence-corrected chi connectivity index (χ2v) is 10.8. The van der Waals surface area contributed by atoms with Crippen LogP contribution < -0.4 is 4.90 Å². The second-order valence-electron chi connectivity index (χ2n) is 10.8. The van der Waals surface area contributed by atoms with E-state index in [9.17, 15) is 14.6 Å². The van der Waals surface area contributed by atoms with Gasteiger partial charge in [0.25, 0.3) is 0 Å². The molecule has 6 heterocycles. The Balaban J connectivity index is 1.09. The van der Waals surface area contributed by atoms with Crippen molar-refractivity contribution in [2.75, 3.05) is 31.2 Å². The molecule has 1 fully saturated rings. The average Bonchev–Trinajstić information content (AvgIpc) is 3.77. The van der Waals surface area contributed by atoms with Crippen LogP contribution in [0.3, 0.4) is 0 Å². The van der Waals surface area contributed by atoms with Crippen LogP contribution in [0, 0.1) is 5.82 Å². The zero-order chi connectivity index (χ0) is 28.8. The third kappa shape index (κ3) is 4.73. The van der Waals surface area contributed by atoms with E-state index in [1.807, 2.05) is 16.9 Å². The van der Waals surface area contributed by atoms with Crippen molar-refractivity contribution < 1.29 is 19.3 Å². The molecule has 2 unspecified atom stereocenters. The fraction of sp³-hybridized carbons (Fsp3) is 0.300. The molecule has 42 heavy (non-hydrogen) atoms. The molecule has 1 saturated heterocycles. The Kier molecular flexibility index (Phi) is 6.53. The molecule has 2 N–H and O–H groups in total. The molecule has 2 aliphatic heterocycles. The Labute approximate surface area is 240 Å². The molecule has 7 rings (SSSR count). The summed E-state index contributed by atoms with van der Waals surface area (Å²) in [5, 5.41) is 30.1. The monoisotopic (exact) mass is 568 g/mol. The van der Waals surface area contributed by atoms with Gasteiger partial charge in [0.2, 0.25) is 5.95 Å². The minimum absolute atomic E-state index is 0.190. The molecule has 4 aromatic heterocycles. The summed E-state index contributed by atoms with van der Waals surface area (Å²) in [5.74, 6) is 0.208. The van der Waals surface area contributed by atoms with E-state index in [2.05, 4.69) is 42.2 Å². The highest BCUT2D eigenvalue weighted by molar-refractivity contribution is 5.80. The number of benzene rings is 1. The number of halogens is 1. The highest BCUT2D eigenvalue weighted by Crippen LogP contribution is 2.32. The maximum atomic E-state index is 13.3. The molecule has 0 saturated carbocycles. The molecule has 214 valence electrons. The summed E-state index contributed by atoms with van der Waals surface area (Å²) in [6, 6.07) is 7.63. The van der Waals surface area contributed by atoms with E-state index >= 15 is 0 Å². The van der Waals surface area contributed by atoms with Gasteiger partial charge in [0.15, 0.2) is 0 Å². The topological polar surface area (TPSA) is 127 Å². The zero-order valence-electron chi connectivity index (χ0n) is 22.9. The van der Waals surface area contributed by atoms with Crippen LogP contribution in [0.1, 0.15) is 36.2 Å². The minimum Gasteiger partial charge on any atom is -0.388 e. The number of ether oxygens (including phenoxy) is 1. The van der Waals surface area contributed by atoms with E-state index in [0.29, 0.717) is 43.4 Å². The van der Waals surface area contributed by atoms with Gasteiger partial charge >= 0.3 is 0 Å². The lowest BCUT2D eigenvalue weighted by molar-refractivity contribution is 0.101. The van der Waals surface area contributed by atoms with Crippen molar-refractivity contribution in [2.24, 2.45) is 0 Å². The van der Waals surface area contributed by atoms with Gasteiger partial charge in [0, 0.05) is 54.6 Å². The Morgan fingerprint density at radius 1 is 0.976 bits per heavy atom. The fourth-order valence-electron chi connectivity index (χ4n) is 5.53. The average molecular weight is 569 g/mol. The third-order valence-corrected chi connectivity index (χ3v) is 8.10. The summed E-state index contributed by atoms with van der Waals surface area (Å²) >= 11 is 0. The number of anilines is 1. The van der Waals surface area contributed by atoms with E-state index in [0.717, 1.165) is 34.3 Å². The van der Waals surface area contributed by atoms with Crippen LogP contribution in [0.4, 0.5) is 10.3 Å². The molecule has 5 aromatic rings. The van der Waals surface area contributed by atoms with Crippen LogP contribution in [0.5, 0.6) is 0 Å². The second kappa shape index (κ2) is 10.4. The predicted octanol–water partition coefficient (Wildman–Crippen LogP) is 3.00. The van der Waals surface area contributed by atoms with Crippen LogP contribution in [-0.2, 0) is 10.3 Å². The lowest BCUT2D eigenvalue weighted by atomic mass is 9.90. The lowest BCUT2D eigenvalue weighted by Gasteiger charge is -2.28. The summed E-state index contributed by atoms with van der Waals surface area (Å²) in [5.41, 5.74) is 4.50. The normalized spacial score (nSPS) is 20.6. The molecule has 0 radical (unpaired) electrons. The summed E-state index contributed by atoms with van der Waals surface area (Å²) in [4.78, 5) is 15.7. The van der Waals surface area contributed by atoms with E-state index in [-0.39, 0.29) is 11.9 Å². The Morgan fingerprint density at radius 3 is 2.50 bits per heavy atom. The number of hydrogen-bond donors (Lipinski definition) is 2. The van der Waals surface area contributed by atoms with Crippen LogP contribution in [0.25, 0.3) is 22.2 Å². The van der Waals surface area contributed by atoms with Gasteiger partial charge in [-0.15, -0.1) is 0 Å². The van der Waals surface area contributed by atoms with Gasteiger partial charge in [0.1, 0.15) is 29.9 Å². The molecule has 0 spiro atoms. The van der Waals surface area contributed by atoms with Gasteiger partial charge in [-0.05, 0) is 42.7 Å². The summed E-state index contributed by atoms with van der Waals surface area (Å²) in [7, 11) is 0. The molecule has 0 amide bonds. The number of aliphatic hydroxyl groups is 2. The highest BCUT2D eigenvalue weighted by atomic mass is 19.1. The van der Waals surface area contributed by atoms with E-state index in [1.54, 1.807) is 48.7 Å². The molecular formula is C30H29FN8O3. The number of aromatic nitrogens is 7. The zero-order valence-corrected chi connectivity index (χ0v) is 22.9. The molecule has 1 aromatic carbocycles. The summed E-state index contributed by atoms with van der Waals surface area (Å²) in [6.45, 7) is 3.70. The van der Waals surface area contributed by atoms with Crippen LogP contribution in [0.15, 0.2) is 73.7 Å². The maximum absolute atomic E-state index is 13.3. The van der Waals surface area contributed by atoms with E-state index < -0.39 is 11.7 Å². The van der Waals surface area contributed by atoms with Crippen molar-refractivity contribution in [3.63, 3.8) is 0 Å². The van der Waals surface area contributed by atoms with Crippen molar-refractivity contribution >= 4 is 17.0 Å². The van der Waals surface area contributed by atoms with E-state index in [4.69, 9.17) is 4.74 Å². The number of hydrogen-bond acceptors (Lipinski definition) is 9. The Hall–Kier alpha value is -4.52. The number of rotatable bonds is 6. The molecule has 2 aliphatic rings. The molecular weight excluding hydrogens is 539 g/mol.